The predicted octanol–water partition coefficient (Wildman–Crippen LogP) is 4.58. The Bertz CT molecular complexity index is 717. The summed E-state index contributed by atoms with van der Waals surface area (Å²) in [4.78, 5) is 11.8. The molecule has 0 unspecified atom stereocenters. The first kappa shape index (κ1) is 16.4. The van der Waals surface area contributed by atoms with Crippen LogP contribution in [-0.4, -0.2) is 19.7 Å². The van der Waals surface area contributed by atoms with Crippen LogP contribution in [0.1, 0.15) is 17.3 Å². The summed E-state index contributed by atoms with van der Waals surface area (Å²) in [6.45, 7) is 2.13. The van der Waals surface area contributed by atoms with Gasteiger partial charge >= 0.3 is 5.97 Å². The predicted molar refractivity (Wildman–Crippen MR) is 82.0 cm³/mol. The molecule has 3 nitrogen and oxygen atoms in total. The molecule has 0 bridgehead atoms. The normalized spacial score (nSPS) is 10.4. The zero-order chi connectivity index (χ0) is 16.3. The van der Waals surface area contributed by atoms with E-state index in [9.17, 15) is 13.6 Å². The number of rotatable bonds is 4. The summed E-state index contributed by atoms with van der Waals surface area (Å²) in [5.74, 6) is -2.09. The third kappa shape index (κ3) is 3.27. The van der Waals surface area contributed by atoms with Crippen molar-refractivity contribution in [2.24, 2.45) is 0 Å². The Morgan fingerprint density at radius 1 is 1.18 bits per heavy atom. The molecule has 0 aromatic heterocycles. The van der Waals surface area contributed by atoms with Gasteiger partial charge in [0.05, 0.1) is 13.7 Å². The molecule has 2 aromatic rings. The Labute approximate surface area is 135 Å². The molecule has 0 saturated carbocycles. The van der Waals surface area contributed by atoms with Crippen molar-refractivity contribution >= 4 is 21.9 Å². The molecular weight excluding hydrogens is 358 g/mol. The number of halogens is 3. The quantitative estimate of drug-likeness (QED) is 0.739. The van der Waals surface area contributed by atoms with E-state index in [1.807, 2.05) is 0 Å². The highest BCUT2D eigenvalue weighted by molar-refractivity contribution is 9.10. The lowest BCUT2D eigenvalue weighted by molar-refractivity contribution is 0.0596. The van der Waals surface area contributed by atoms with E-state index in [0.717, 1.165) is 12.1 Å². The highest BCUT2D eigenvalue weighted by Crippen LogP contribution is 2.35. The lowest BCUT2D eigenvalue weighted by Gasteiger charge is -2.13. The van der Waals surface area contributed by atoms with Gasteiger partial charge in [-0.1, -0.05) is 22.0 Å². The van der Waals surface area contributed by atoms with Crippen LogP contribution in [0.25, 0.3) is 11.1 Å². The van der Waals surface area contributed by atoms with E-state index in [1.54, 1.807) is 13.0 Å². The van der Waals surface area contributed by atoms with Crippen molar-refractivity contribution in [3.63, 3.8) is 0 Å². The molecule has 0 atom stereocenters. The Morgan fingerprint density at radius 3 is 2.50 bits per heavy atom. The molecular formula is C16H13BrF2O3. The molecule has 0 amide bonds. The first-order chi connectivity index (χ1) is 10.5. The number of ether oxygens (including phenoxy) is 2. The van der Waals surface area contributed by atoms with Gasteiger partial charge in [0.15, 0.2) is 11.6 Å². The fourth-order valence-corrected chi connectivity index (χ4v) is 2.55. The van der Waals surface area contributed by atoms with Crippen molar-refractivity contribution < 1.29 is 23.0 Å². The van der Waals surface area contributed by atoms with Gasteiger partial charge in [0, 0.05) is 4.47 Å². The number of benzene rings is 2. The van der Waals surface area contributed by atoms with Gasteiger partial charge in [0.25, 0.3) is 0 Å². The highest BCUT2D eigenvalue weighted by Gasteiger charge is 2.18. The fraction of sp³-hybridized carbons (Fsp3) is 0.188. The van der Waals surface area contributed by atoms with Crippen LogP contribution >= 0.6 is 15.9 Å². The van der Waals surface area contributed by atoms with E-state index in [1.165, 1.54) is 19.2 Å². The summed E-state index contributed by atoms with van der Waals surface area (Å²) in [7, 11) is 1.27. The lowest BCUT2D eigenvalue weighted by Crippen LogP contribution is -2.06. The molecule has 22 heavy (non-hydrogen) atoms. The van der Waals surface area contributed by atoms with Crippen molar-refractivity contribution in [3.8, 4) is 16.9 Å². The summed E-state index contributed by atoms with van der Waals surface area (Å²) < 4.78 is 37.2. The van der Waals surface area contributed by atoms with E-state index in [0.29, 0.717) is 28.0 Å². The van der Waals surface area contributed by atoms with Crippen LogP contribution in [0.4, 0.5) is 8.78 Å². The summed E-state index contributed by atoms with van der Waals surface area (Å²) in [5, 5.41) is 0. The van der Waals surface area contributed by atoms with Crippen molar-refractivity contribution in [2.75, 3.05) is 13.7 Å². The standard InChI is InChI=1S/C16H13BrF2O3/c1-3-22-15-8-10(9-4-5-13(18)14(19)6-9)12(17)7-11(15)16(20)21-2/h4-8H,3H2,1-2H3. The summed E-state index contributed by atoms with van der Waals surface area (Å²) in [5.41, 5.74) is 1.29. The zero-order valence-electron chi connectivity index (χ0n) is 12.0. The topological polar surface area (TPSA) is 35.5 Å². The highest BCUT2D eigenvalue weighted by atomic mass is 79.9. The molecule has 0 spiro atoms. The Kier molecular flexibility index (Phi) is 5.13. The number of esters is 1. The smallest absolute Gasteiger partial charge is 0.341 e. The molecule has 116 valence electrons. The summed E-state index contributed by atoms with van der Waals surface area (Å²) in [6, 6.07) is 6.71. The average molecular weight is 371 g/mol. The van der Waals surface area contributed by atoms with Crippen molar-refractivity contribution in [3.05, 3.63) is 52.0 Å². The molecule has 6 heteroatoms. The van der Waals surface area contributed by atoms with Crippen LogP contribution in [0.3, 0.4) is 0 Å². The molecule has 0 aliphatic rings. The van der Waals surface area contributed by atoms with E-state index in [4.69, 9.17) is 9.47 Å². The second-order valence-corrected chi connectivity index (χ2v) is 5.24. The Balaban J connectivity index is 2.59. The molecule has 0 saturated heterocycles. The van der Waals surface area contributed by atoms with Crippen LogP contribution in [-0.2, 0) is 4.74 Å². The van der Waals surface area contributed by atoms with Gasteiger partial charge in [-0.05, 0) is 42.3 Å². The van der Waals surface area contributed by atoms with E-state index < -0.39 is 17.6 Å². The molecule has 0 heterocycles. The number of hydrogen-bond donors (Lipinski definition) is 0. The SMILES string of the molecule is CCOc1cc(-c2ccc(F)c(F)c2)c(Br)cc1C(=O)OC. The maximum Gasteiger partial charge on any atom is 0.341 e. The fourth-order valence-electron chi connectivity index (χ4n) is 1.98. The number of carbonyl (C=O) groups is 1. The van der Waals surface area contributed by atoms with Crippen molar-refractivity contribution in [2.45, 2.75) is 6.92 Å². The molecule has 0 aliphatic carbocycles. The van der Waals surface area contributed by atoms with Crippen LogP contribution in [0.5, 0.6) is 5.75 Å². The minimum atomic E-state index is -0.945. The second kappa shape index (κ2) is 6.87. The largest absolute Gasteiger partial charge is 0.493 e. The lowest BCUT2D eigenvalue weighted by atomic mass is 10.0. The number of methoxy groups -OCH3 is 1. The van der Waals surface area contributed by atoms with Crippen LogP contribution < -0.4 is 4.74 Å². The third-order valence-electron chi connectivity index (χ3n) is 3.01. The van der Waals surface area contributed by atoms with Crippen molar-refractivity contribution in [1.82, 2.24) is 0 Å². The van der Waals surface area contributed by atoms with Crippen LogP contribution in [0, 0.1) is 11.6 Å². The van der Waals surface area contributed by atoms with E-state index >= 15 is 0 Å². The van der Waals surface area contributed by atoms with Crippen LogP contribution in [0.15, 0.2) is 34.8 Å². The molecule has 2 rings (SSSR count). The molecule has 0 aliphatic heterocycles. The Morgan fingerprint density at radius 2 is 1.91 bits per heavy atom. The minimum Gasteiger partial charge on any atom is -0.493 e. The molecule has 0 radical (unpaired) electrons. The maximum atomic E-state index is 13.4. The van der Waals surface area contributed by atoms with Gasteiger partial charge in [-0.15, -0.1) is 0 Å². The first-order valence-electron chi connectivity index (χ1n) is 6.48. The summed E-state index contributed by atoms with van der Waals surface area (Å²) >= 11 is 3.33. The first-order valence-corrected chi connectivity index (χ1v) is 7.27. The second-order valence-electron chi connectivity index (χ2n) is 4.38. The Hall–Kier alpha value is -1.95. The minimum absolute atomic E-state index is 0.252. The van der Waals surface area contributed by atoms with Crippen LogP contribution in [0.2, 0.25) is 0 Å². The third-order valence-corrected chi connectivity index (χ3v) is 3.66. The van der Waals surface area contributed by atoms with Gasteiger partial charge in [-0.2, -0.15) is 0 Å². The maximum absolute atomic E-state index is 13.4. The molecule has 2 aromatic carbocycles. The van der Waals surface area contributed by atoms with Gasteiger partial charge in [-0.3, -0.25) is 0 Å². The van der Waals surface area contributed by atoms with Gasteiger partial charge in [0.1, 0.15) is 11.3 Å². The van der Waals surface area contributed by atoms with Crippen molar-refractivity contribution in [1.29, 1.82) is 0 Å². The monoisotopic (exact) mass is 370 g/mol. The van der Waals surface area contributed by atoms with Gasteiger partial charge in [-0.25, -0.2) is 13.6 Å². The molecule has 0 N–H and O–H groups in total. The zero-order valence-corrected chi connectivity index (χ0v) is 13.5. The van der Waals surface area contributed by atoms with E-state index in [-0.39, 0.29) is 5.56 Å². The molecule has 0 fully saturated rings. The summed E-state index contributed by atoms with van der Waals surface area (Å²) in [6.07, 6.45) is 0. The number of hydrogen-bond acceptors (Lipinski definition) is 3. The number of carbonyl (C=O) groups excluding carboxylic acids is 1. The average Bonchev–Trinajstić information content (AvgIpc) is 2.51. The van der Waals surface area contributed by atoms with Gasteiger partial charge in [0.2, 0.25) is 0 Å². The van der Waals surface area contributed by atoms with Gasteiger partial charge < -0.3 is 9.47 Å². The van der Waals surface area contributed by atoms with E-state index in [2.05, 4.69) is 15.9 Å².